The molecule has 1 rings (SSSR count). The lowest BCUT2D eigenvalue weighted by Crippen LogP contribution is -2.35. The number of ketones is 2. The van der Waals surface area contributed by atoms with Crippen LogP contribution in [0.1, 0.15) is 26.7 Å². The third kappa shape index (κ3) is 3.19. The van der Waals surface area contributed by atoms with Crippen LogP contribution in [0.2, 0.25) is 0 Å². The van der Waals surface area contributed by atoms with Crippen molar-refractivity contribution in [1.29, 1.82) is 0 Å². The predicted molar refractivity (Wildman–Crippen MR) is 60.3 cm³/mol. The number of rotatable bonds is 6. The van der Waals surface area contributed by atoms with Crippen molar-refractivity contribution in [2.24, 2.45) is 0 Å². The van der Waals surface area contributed by atoms with Gasteiger partial charge in [-0.15, -0.1) is 0 Å². The van der Waals surface area contributed by atoms with Crippen molar-refractivity contribution < 1.29 is 14.3 Å². The zero-order valence-electron chi connectivity index (χ0n) is 9.53. The molecule has 3 heteroatoms. The smallest absolute Gasteiger partial charge is 0.214 e. The Morgan fingerprint density at radius 1 is 1.31 bits per heavy atom. The molecule has 0 spiro atoms. The number of carbonyl (C=O) groups is 2. The van der Waals surface area contributed by atoms with Crippen molar-refractivity contribution >= 4 is 11.6 Å². The fourth-order valence-electron chi connectivity index (χ4n) is 1.27. The van der Waals surface area contributed by atoms with E-state index in [0.29, 0.717) is 18.6 Å². The van der Waals surface area contributed by atoms with E-state index in [9.17, 15) is 9.59 Å². The van der Waals surface area contributed by atoms with Crippen molar-refractivity contribution in [3.8, 4) is 5.75 Å². The largest absolute Gasteiger partial charge is 0.475 e. The Hall–Kier alpha value is -1.64. The molecule has 1 aromatic carbocycles. The number of hydrogen-bond donors (Lipinski definition) is 0. The van der Waals surface area contributed by atoms with Crippen LogP contribution < -0.4 is 4.74 Å². The third-order valence-electron chi connectivity index (χ3n) is 2.21. The summed E-state index contributed by atoms with van der Waals surface area (Å²) in [5, 5.41) is 0. The first-order valence-electron chi connectivity index (χ1n) is 5.37. The lowest BCUT2D eigenvalue weighted by Gasteiger charge is -2.15. The quantitative estimate of drug-likeness (QED) is 0.689. The molecular formula is C13H15O3. The molecule has 0 saturated carbocycles. The standard InChI is InChI=1S/C13H15O3/c1-3-11(14)13(12(15)4-2)16-10-8-6-5-7-9-10/h5-6,8-9,13H,3-4H2,1-2H3. The molecule has 0 saturated heterocycles. The summed E-state index contributed by atoms with van der Waals surface area (Å²) < 4.78 is 5.39. The minimum Gasteiger partial charge on any atom is -0.475 e. The fourth-order valence-corrected chi connectivity index (χ4v) is 1.27. The summed E-state index contributed by atoms with van der Waals surface area (Å²) in [5.41, 5.74) is 0. The Kier molecular flexibility index (Phi) is 4.70. The highest BCUT2D eigenvalue weighted by molar-refractivity contribution is 6.05. The van der Waals surface area contributed by atoms with E-state index in [0.717, 1.165) is 0 Å². The topological polar surface area (TPSA) is 43.4 Å². The normalized spacial score (nSPS) is 10.2. The summed E-state index contributed by atoms with van der Waals surface area (Å²) in [6.45, 7) is 3.44. The monoisotopic (exact) mass is 219 g/mol. The lowest BCUT2D eigenvalue weighted by atomic mass is 10.1. The highest BCUT2D eigenvalue weighted by Gasteiger charge is 2.25. The van der Waals surface area contributed by atoms with Crippen molar-refractivity contribution in [2.45, 2.75) is 32.8 Å². The number of benzene rings is 1. The first-order valence-corrected chi connectivity index (χ1v) is 5.37. The molecule has 1 radical (unpaired) electrons. The van der Waals surface area contributed by atoms with Crippen LogP contribution >= 0.6 is 0 Å². The van der Waals surface area contributed by atoms with Crippen LogP contribution in [-0.4, -0.2) is 17.7 Å². The van der Waals surface area contributed by atoms with Gasteiger partial charge in [-0.3, -0.25) is 9.59 Å². The second-order valence-corrected chi connectivity index (χ2v) is 3.38. The van der Waals surface area contributed by atoms with Gasteiger partial charge >= 0.3 is 0 Å². The molecule has 0 bridgehead atoms. The summed E-state index contributed by atoms with van der Waals surface area (Å²) >= 11 is 0. The van der Waals surface area contributed by atoms with Gasteiger partial charge in [0.25, 0.3) is 0 Å². The van der Waals surface area contributed by atoms with E-state index in [1.807, 2.05) is 0 Å². The minimum atomic E-state index is -0.967. The molecular weight excluding hydrogens is 204 g/mol. The summed E-state index contributed by atoms with van der Waals surface area (Å²) in [7, 11) is 0. The Morgan fingerprint density at radius 3 is 2.38 bits per heavy atom. The van der Waals surface area contributed by atoms with Gasteiger partial charge in [-0.05, 0) is 18.2 Å². The van der Waals surface area contributed by atoms with E-state index >= 15 is 0 Å². The van der Waals surface area contributed by atoms with Gasteiger partial charge in [0.1, 0.15) is 5.75 Å². The van der Waals surface area contributed by atoms with Crippen LogP contribution in [0, 0.1) is 6.07 Å². The minimum absolute atomic E-state index is 0.185. The zero-order chi connectivity index (χ0) is 12.0. The highest BCUT2D eigenvalue weighted by atomic mass is 16.5. The van der Waals surface area contributed by atoms with E-state index in [1.165, 1.54) is 0 Å². The van der Waals surface area contributed by atoms with Crippen LogP contribution in [0.5, 0.6) is 5.75 Å². The third-order valence-corrected chi connectivity index (χ3v) is 2.21. The van der Waals surface area contributed by atoms with Crippen LogP contribution in [0.4, 0.5) is 0 Å². The van der Waals surface area contributed by atoms with Crippen LogP contribution in [0.15, 0.2) is 24.3 Å². The molecule has 0 amide bonds. The van der Waals surface area contributed by atoms with Gasteiger partial charge < -0.3 is 4.74 Å². The predicted octanol–water partition coefficient (Wildman–Crippen LogP) is 2.19. The van der Waals surface area contributed by atoms with Gasteiger partial charge in [0.15, 0.2) is 11.6 Å². The van der Waals surface area contributed by atoms with Gasteiger partial charge in [0.2, 0.25) is 6.10 Å². The molecule has 0 aromatic heterocycles. The SMILES string of the molecule is CCC(=O)C(Oc1c[c]ccc1)C(=O)CC. The van der Waals surface area contributed by atoms with Crippen molar-refractivity contribution in [3.05, 3.63) is 30.3 Å². The van der Waals surface area contributed by atoms with Gasteiger partial charge in [0.05, 0.1) is 0 Å². The maximum Gasteiger partial charge on any atom is 0.214 e. The van der Waals surface area contributed by atoms with Gasteiger partial charge in [-0.25, -0.2) is 0 Å². The maximum atomic E-state index is 11.6. The molecule has 0 aliphatic heterocycles. The van der Waals surface area contributed by atoms with Crippen molar-refractivity contribution in [3.63, 3.8) is 0 Å². The van der Waals surface area contributed by atoms with Crippen molar-refractivity contribution in [2.75, 3.05) is 0 Å². The Morgan fingerprint density at radius 2 is 1.94 bits per heavy atom. The summed E-state index contributed by atoms with van der Waals surface area (Å²) in [6.07, 6.45) is -0.370. The number of Topliss-reactive ketones (excluding diaryl/α,β-unsaturated/α-hetero) is 2. The van der Waals surface area contributed by atoms with E-state index in [-0.39, 0.29) is 11.6 Å². The first kappa shape index (κ1) is 12.4. The van der Waals surface area contributed by atoms with Crippen molar-refractivity contribution in [1.82, 2.24) is 0 Å². The van der Waals surface area contributed by atoms with Gasteiger partial charge in [-0.1, -0.05) is 26.0 Å². The summed E-state index contributed by atoms with van der Waals surface area (Å²) in [6, 6.07) is 9.62. The second-order valence-electron chi connectivity index (χ2n) is 3.38. The molecule has 0 heterocycles. The number of carbonyl (C=O) groups excluding carboxylic acids is 2. The molecule has 85 valence electrons. The Bertz CT molecular complexity index is 341. The second kappa shape index (κ2) is 6.05. The number of hydrogen-bond acceptors (Lipinski definition) is 3. The summed E-state index contributed by atoms with van der Waals surface area (Å²) in [5.74, 6) is 0.127. The van der Waals surface area contributed by atoms with E-state index in [4.69, 9.17) is 4.74 Å². The molecule has 1 aromatic rings. The van der Waals surface area contributed by atoms with Crippen LogP contribution in [0.25, 0.3) is 0 Å². The molecule has 0 atom stereocenters. The molecule has 0 aliphatic rings. The van der Waals surface area contributed by atoms with E-state index in [1.54, 1.807) is 38.1 Å². The molecule has 16 heavy (non-hydrogen) atoms. The molecule has 0 N–H and O–H groups in total. The maximum absolute atomic E-state index is 11.6. The van der Waals surface area contributed by atoms with E-state index < -0.39 is 6.10 Å². The summed E-state index contributed by atoms with van der Waals surface area (Å²) in [4.78, 5) is 23.1. The zero-order valence-corrected chi connectivity index (χ0v) is 9.53. The van der Waals surface area contributed by atoms with Crippen LogP contribution in [-0.2, 0) is 9.59 Å². The molecule has 0 fully saturated rings. The average Bonchev–Trinajstić information content (AvgIpc) is 2.35. The number of ether oxygens (including phenoxy) is 1. The Balaban J connectivity index is 2.79. The van der Waals surface area contributed by atoms with Gasteiger partial charge in [0, 0.05) is 12.8 Å². The van der Waals surface area contributed by atoms with Gasteiger partial charge in [-0.2, -0.15) is 0 Å². The fraction of sp³-hybridized carbons (Fsp3) is 0.385. The van der Waals surface area contributed by atoms with E-state index in [2.05, 4.69) is 6.07 Å². The highest BCUT2D eigenvalue weighted by Crippen LogP contribution is 2.13. The molecule has 0 aliphatic carbocycles. The lowest BCUT2D eigenvalue weighted by molar-refractivity contribution is -0.136. The molecule has 0 unspecified atom stereocenters. The van der Waals surface area contributed by atoms with Crippen LogP contribution in [0.3, 0.4) is 0 Å². The average molecular weight is 219 g/mol. The molecule has 3 nitrogen and oxygen atoms in total. The Labute approximate surface area is 95.4 Å². The first-order chi connectivity index (χ1) is 7.69.